The molecule has 1 aliphatic heterocycles. The number of carboxylic acid groups (broad SMARTS) is 1. The quantitative estimate of drug-likeness (QED) is 0.702. The minimum absolute atomic E-state index is 0.144. The third-order valence-electron chi connectivity index (χ3n) is 4.40. The summed E-state index contributed by atoms with van der Waals surface area (Å²) in [7, 11) is 0. The number of nitrogens with zero attached hydrogens (tertiary/aromatic N) is 4. The van der Waals surface area contributed by atoms with E-state index in [9.17, 15) is 18.0 Å². The number of aromatic nitrogens is 3. The first kappa shape index (κ1) is 18.4. The number of carbonyl (C=O) groups is 1. The lowest BCUT2D eigenvalue weighted by molar-refractivity contribution is -0.274. The Morgan fingerprint density at radius 2 is 1.89 bits per heavy atom. The maximum absolute atomic E-state index is 12.3. The highest BCUT2D eigenvalue weighted by atomic mass is 35.5. The molecule has 0 atom stereocenters. The highest BCUT2D eigenvalue weighted by molar-refractivity contribution is 6.35. The van der Waals surface area contributed by atoms with Gasteiger partial charge in [-0.15, -0.1) is 13.2 Å². The highest BCUT2D eigenvalue weighted by Crippen LogP contribution is 2.36. The van der Waals surface area contributed by atoms with Crippen LogP contribution in [0.5, 0.6) is 5.75 Å². The summed E-state index contributed by atoms with van der Waals surface area (Å²) in [4.78, 5) is 16.6. The average Bonchev–Trinajstić information content (AvgIpc) is 2.93. The van der Waals surface area contributed by atoms with Gasteiger partial charge in [0.05, 0.1) is 21.8 Å². The molecule has 1 amide bonds. The molecule has 11 heteroatoms. The first-order valence-electron chi connectivity index (χ1n) is 8.10. The zero-order valence-corrected chi connectivity index (χ0v) is 14.8. The number of hydrogen-bond donors (Lipinski definition) is 1. The van der Waals surface area contributed by atoms with Gasteiger partial charge in [-0.2, -0.15) is 5.10 Å². The van der Waals surface area contributed by atoms with Crippen LogP contribution in [0.3, 0.4) is 0 Å². The highest BCUT2D eigenvalue weighted by Gasteiger charge is 2.36. The Morgan fingerprint density at radius 1 is 1.21 bits per heavy atom. The van der Waals surface area contributed by atoms with Gasteiger partial charge in [0.1, 0.15) is 5.75 Å². The number of amides is 1. The van der Waals surface area contributed by atoms with Gasteiger partial charge in [-0.05, 0) is 30.3 Å². The van der Waals surface area contributed by atoms with Crippen molar-refractivity contribution in [2.45, 2.75) is 12.3 Å². The number of benzene rings is 1. The zero-order valence-electron chi connectivity index (χ0n) is 14.0. The number of halogens is 4. The molecular formula is C17H12ClF3N4O3. The van der Waals surface area contributed by atoms with Crippen LogP contribution in [0.1, 0.15) is 11.6 Å². The van der Waals surface area contributed by atoms with E-state index in [1.165, 1.54) is 40.0 Å². The molecule has 2 aromatic heterocycles. The van der Waals surface area contributed by atoms with Gasteiger partial charge in [0.2, 0.25) is 0 Å². The van der Waals surface area contributed by atoms with E-state index < -0.39 is 12.5 Å². The summed E-state index contributed by atoms with van der Waals surface area (Å²) in [5.74, 6) is -0.496. The predicted molar refractivity (Wildman–Crippen MR) is 92.9 cm³/mol. The second-order valence-electron chi connectivity index (χ2n) is 6.21. The summed E-state index contributed by atoms with van der Waals surface area (Å²) in [5.41, 5.74) is 1.50. The fraction of sp³-hybridized carbons (Fsp3) is 0.235. The van der Waals surface area contributed by atoms with Gasteiger partial charge in [0, 0.05) is 25.2 Å². The van der Waals surface area contributed by atoms with Gasteiger partial charge in [0.15, 0.2) is 5.65 Å². The van der Waals surface area contributed by atoms with Crippen LogP contribution in [-0.4, -0.2) is 50.3 Å². The molecular weight excluding hydrogens is 401 g/mol. The monoisotopic (exact) mass is 412 g/mol. The van der Waals surface area contributed by atoms with Gasteiger partial charge < -0.3 is 14.7 Å². The van der Waals surface area contributed by atoms with E-state index in [2.05, 4.69) is 14.8 Å². The van der Waals surface area contributed by atoms with Crippen LogP contribution < -0.4 is 4.74 Å². The second-order valence-corrected chi connectivity index (χ2v) is 6.62. The van der Waals surface area contributed by atoms with Crippen LogP contribution in [0, 0.1) is 0 Å². The SMILES string of the molecule is O=C(O)N1CC(c2nn(-c3ccc(OC(F)(F)F)cc3)c3nccc(Cl)c23)C1. The lowest BCUT2D eigenvalue weighted by Gasteiger charge is -2.36. The second kappa shape index (κ2) is 6.55. The number of rotatable bonds is 3. The van der Waals surface area contributed by atoms with Crippen molar-refractivity contribution in [1.29, 1.82) is 0 Å². The number of fused-ring (bicyclic) bond motifs is 1. The van der Waals surface area contributed by atoms with Crippen molar-refractivity contribution in [3.63, 3.8) is 0 Å². The molecule has 7 nitrogen and oxygen atoms in total. The molecule has 0 radical (unpaired) electrons. The van der Waals surface area contributed by atoms with E-state index in [0.717, 1.165) is 0 Å². The Labute approximate surface area is 160 Å². The molecule has 1 N–H and O–H groups in total. The van der Waals surface area contributed by atoms with Gasteiger partial charge >= 0.3 is 12.5 Å². The van der Waals surface area contributed by atoms with E-state index in [1.54, 1.807) is 6.07 Å². The van der Waals surface area contributed by atoms with Crippen LogP contribution in [0.2, 0.25) is 5.02 Å². The summed E-state index contributed by atoms with van der Waals surface area (Å²) in [5, 5.41) is 14.6. The topological polar surface area (TPSA) is 80.5 Å². The molecule has 146 valence electrons. The standard InChI is InChI=1S/C17H12ClF3N4O3/c18-12-5-6-22-15-13(12)14(9-7-24(8-9)16(26)27)23-25(15)10-1-3-11(4-2-10)28-17(19,20)21/h1-6,9H,7-8H2,(H,26,27). The molecule has 0 spiro atoms. The first-order chi connectivity index (χ1) is 13.2. The van der Waals surface area contributed by atoms with E-state index in [4.69, 9.17) is 16.7 Å². The number of alkyl halides is 3. The van der Waals surface area contributed by atoms with Crippen LogP contribution in [0.15, 0.2) is 36.5 Å². The normalized spacial score (nSPS) is 14.9. The Kier molecular flexibility index (Phi) is 4.30. The zero-order chi connectivity index (χ0) is 20.1. The molecule has 1 fully saturated rings. The van der Waals surface area contributed by atoms with Gasteiger partial charge in [0.25, 0.3) is 0 Å². The molecule has 1 aliphatic rings. The van der Waals surface area contributed by atoms with Crippen molar-refractivity contribution in [3.05, 3.63) is 47.2 Å². The molecule has 4 rings (SSSR count). The van der Waals surface area contributed by atoms with E-state index >= 15 is 0 Å². The largest absolute Gasteiger partial charge is 0.573 e. The number of hydrogen-bond acceptors (Lipinski definition) is 4. The van der Waals surface area contributed by atoms with Gasteiger partial charge in [-0.1, -0.05) is 11.6 Å². The summed E-state index contributed by atoms with van der Waals surface area (Å²) < 4.78 is 42.3. The Morgan fingerprint density at radius 3 is 2.50 bits per heavy atom. The van der Waals surface area contributed by atoms with Gasteiger partial charge in [-0.25, -0.2) is 14.5 Å². The average molecular weight is 413 g/mol. The van der Waals surface area contributed by atoms with E-state index in [1.807, 2.05) is 0 Å². The van der Waals surface area contributed by atoms with E-state index in [0.29, 0.717) is 27.4 Å². The molecule has 0 saturated carbocycles. The fourth-order valence-electron chi connectivity index (χ4n) is 3.09. The summed E-state index contributed by atoms with van der Waals surface area (Å²) in [6.07, 6.45) is -4.29. The third-order valence-corrected chi connectivity index (χ3v) is 4.71. The van der Waals surface area contributed by atoms with Crippen molar-refractivity contribution in [2.75, 3.05) is 13.1 Å². The maximum atomic E-state index is 12.3. The van der Waals surface area contributed by atoms with Crippen LogP contribution >= 0.6 is 11.6 Å². The summed E-state index contributed by atoms with van der Waals surface area (Å²) in [6.45, 7) is 0.566. The molecule has 0 bridgehead atoms. The van der Waals surface area contributed by atoms with Crippen molar-refractivity contribution < 1.29 is 27.8 Å². The predicted octanol–water partition coefficient (Wildman–Crippen LogP) is 4.05. The molecule has 28 heavy (non-hydrogen) atoms. The lowest BCUT2D eigenvalue weighted by Crippen LogP contribution is -2.48. The molecule has 3 aromatic rings. The number of ether oxygens (including phenoxy) is 1. The molecule has 1 saturated heterocycles. The Bertz CT molecular complexity index is 1050. The Balaban J connectivity index is 1.72. The van der Waals surface area contributed by atoms with Crippen molar-refractivity contribution in [1.82, 2.24) is 19.7 Å². The molecule has 0 aliphatic carbocycles. The van der Waals surface area contributed by atoms with Crippen LogP contribution in [-0.2, 0) is 0 Å². The summed E-state index contributed by atoms with van der Waals surface area (Å²) >= 11 is 6.32. The van der Waals surface area contributed by atoms with Crippen LogP contribution in [0.4, 0.5) is 18.0 Å². The van der Waals surface area contributed by atoms with Gasteiger partial charge in [-0.3, -0.25) is 0 Å². The minimum atomic E-state index is -4.78. The molecule has 1 aromatic carbocycles. The Hall–Kier alpha value is -3.01. The molecule has 3 heterocycles. The van der Waals surface area contributed by atoms with Crippen LogP contribution in [0.25, 0.3) is 16.7 Å². The number of pyridine rings is 1. The fourth-order valence-corrected chi connectivity index (χ4v) is 3.33. The maximum Gasteiger partial charge on any atom is 0.573 e. The van der Waals surface area contributed by atoms with E-state index in [-0.39, 0.29) is 24.8 Å². The lowest BCUT2D eigenvalue weighted by atomic mass is 9.95. The van der Waals surface area contributed by atoms with Crippen molar-refractivity contribution in [2.24, 2.45) is 0 Å². The van der Waals surface area contributed by atoms with Crippen molar-refractivity contribution >= 4 is 28.7 Å². The number of likely N-dealkylation sites (tertiary alicyclic amines) is 1. The molecule has 0 unspecified atom stereocenters. The smallest absolute Gasteiger partial charge is 0.465 e. The summed E-state index contributed by atoms with van der Waals surface area (Å²) in [6, 6.07) is 6.80. The van der Waals surface area contributed by atoms with Crippen molar-refractivity contribution in [3.8, 4) is 11.4 Å². The first-order valence-corrected chi connectivity index (χ1v) is 8.48. The minimum Gasteiger partial charge on any atom is -0.465 e. The third kappa shape index (κ3) is 3.31.